The minimum Gasteiger partial charge on any atom is -0.354 e. The van der Waals surface area contributed by atoms with Crippen molar-refractivity contribution in [2.75, 3.05) is 18.0 Å². The van der Waals surface area contributed by atoms with Gasteiger partial charge in [-0.1, -0.05) is 13.3 Å². The van der Waals surface area contributed by atoms with Crippen LogP contribution in [0.2, 0.25) is 0 Å². The van der Waals surface area contributed by atoms with Crippen LogP contribution in [0.3, 0.4) is 0 Å². The Labute approximate surface area is 121 Å². The lowest BCUT2D eigenvalue weighted by atomic mass is 10.1. The molecule has 3 nitrogen and oxygen atoms in total. The largest absolute Gasteiger partial charge is 0.354 e. The first kappa shape index (κ1) is 15.2. The van der Waals surface area contributed by atoms with E-state index in [2.05, 4.69) is 42.9 Å². The second kappa shape index (κ2) is 6.08. The molecule has 2 heterocycles. The maximum absolute atomic E-state index is 14.6. The highest BCUT2D eigenvalue weighted by atomic mass is 19.1. The van der Waals surface area contributed by atoms with Gasteiger partial charge in [0.25, 0.3) is 0 Å². The third-order valence-corrected chi connectivity index (χ3v) is 3.92. The molecule has 0 saturated carbocycles. The van der Waals surface area contributed by atoms with Crippen molar-refractivity contribution in [3.8, 4) is 0 Å². The van der Waals surface area contributed by atoms with E-state index in [1.807, 2.05) is 0 Å². The zero-order valence-corrected chi connectivity index (χ0v) is 13.0. The Hall–Kier alpha value is -1.16. The average Bonchev–Trinajstić information content (AvgIpc) is 2.85. The van der Waals surface area contributed by atoms with Crippen molar-refractivity contribution in [2.24, 2.45) is 5.92 Å². The van der Waals surface area contributed by atoms with Crippen LogP contribution in [-0.2, 0) is 6.54 Å². The molecule has 1 saturated heterocycles. The molecular weight excluding hydrogens is 253 g/mol. The molecule has 2 rings (SSSR count). The predicted octanol–water partition coefficient (Wildman–Crippen LogP) is 3.35. The van der Waals surface area contributed by atoms with Crippen LogP contribution in [-0.4, -0.2) is 23.6 Å². The van der Waals surface area contributed by atoms with Crippen LogP contribution in [0.1, 0.15) is 46.1 Å². The lowest BCUT2D eigenvalue weighted by Crippen LogP contribution is -2.35. The summed E-state index contributed by atoms with van der Waals surface area (Å²) < 4.78 is 14.6. The molecule has 0 radical (unpaired) electrons. The van der Waals surface area contributed by atoms with Crippen molar-refractivity contribution in [3.05, 3.63) is 23.6 Å². The summed E-state index contributed by atoms with van der Waals surface area (Å²) in [7, 11) is 0. The second-order valence-electron chi connectivity index (χ2n) is 6.72. The van der Waals surface area contributed by atoms with Crippen molar-refractivity contribution in [2.45, 2.75) is 52.6 Å². The number of hydrogen-bond acceptors (Lipinski definition) is 3. The van der Waals surface area contributed by atoms with Gasteiger partial charge in [0, 0.05) is 36.9 Å². The van der Waals surface area contributed by atoms with Gasteiger partial charge < -0.3 is 10.2 Å². The number of anilines is 1. The van der Waals surface area contributed by atoms with Gasteiger partial charge in [0.2, 0.25) is 0 Å². The topological polar surface area (TPSA) is 28.2 Å². The van der Waals surface area contributed by atoms with Gasteiger partial charge in [0.1, 0.15) is 0 Å². The molecule has 1 aliphatic rings. The highest BCUT2D eigenvalue weighted by Gasteiger charge is 2.25. The molecule has 1 fully saturated rings. The van der Waals surface area contributed by atoms with Crippen molar-refractivity contribution < 1.29 is 4.39 Å². The van der Waals surface area contributed by atoms with Gasteiger partial charge in [0.05, 0.1) is 0 Å². The SMILES string of the molecule is CCC1CCN(c2nccc(CNC(C)(C)C)c2F)C1. The third-order valence-electron chi connectivity index (χ3n) is 3.92. The number of halogens is 1. The molecule has 0 bridgehead atoms. The van der Waals surface area contributed by atoms with Crippen LogP contribution in [0, 0.1) is 11.7 Å². The summed E-state index contributed by atoms with van der Waals surface area (Å²) in [5, 5.41) is 3.33. The normalized spacial score (nSPS) is 19.6. The predicted molar refractivity (Wildman–Crippen MR) is 81.4 cm³/mol. The molecule has 1 aliphatic heterocycles. The van der Waals surface area contributed by atoms with Crippen LogP contribution >= 0.6 is 0 Å². The molecule has 1 atom stereocenters. The van der Waals surface area contributed by atoms with Crippen LogP contribution in [0.15, 0.2) is 12.3 Å². The molecule has 0 spiro atoms. The fourth-order valence-electron chi connectivity index (χ4n) is 2.55. The number of pyridine rings is 1. The van der Waals surface area contributed by atoms with Gasteiger partial charge in [-0.05, 0) is 39.2 Å². The van der Waals surface area contributed by atoms with Gasteiger partial charge in [-0.3, -0.25) is 0 Å². The maximum Gasteiger partial charge on any atom is 0.170 e. The minimum atomic E-state index is -0.166. The van der Waals surface area contributed by atoms with E-state index in [1.165, 1.54) is 0 Å². The smallest absolute Gasteiger partial charge is 0.170 e. The second-order valence-corrected chi connectivity index (χ2v) is 6.72. The zero-order valence-electron chi connectivity index (χ0n) is 13.0. The highest BCUT2D eigenvalue weighted by Crippen LogP contribution is 2.27. The molecular formula is C16H26FN3. The van der Waals surface area contributed by atoms with E-state index in [0.29, 0.717) is 23.8 Å². The third kappa shape index (κ3) is 3.69. The summed E-state index contributed by atoms with van der Waals surface area (Å²) in [6.45, 7) is 10.8. The van der Waals surface area contributed by atoms with Gasteiger partial charge in [0.15, 0.2) is 11.6 Å². The first-order chi connectivity index (χ1) is 9.40. The summed E-state index contributed by atoms with van der Waals surface area (Å²) in [5.74, 6) is 1.03. The minimum absolute atomic E-state index is 0.0170. The zero-order chi connectivity index (χ0) is 14.8. The van der Waals surface area contributed by atoms with E-state index in [0.717, 1.165) is 25.9 Å². The van der Waals surface area contributed by atoms with Gasteiger partial charge in [-0.2, -0.15) is 0 Å². The Kier molecular flexibility index (Phi) is 4.63. The van der Waals surface area contributed by atoms with E-state index in [-0.39, 0.29) is 11.4 Å². The van der Waals surface area contributed by atoms with Crippen molar-refractivity contribution in [1.82, 2.24) is 10.3 Å². The highest BCUT2D eigenvalue weighted by molar-refractivity contribution is 5.44. The molecule has 0 aromatic carbocycles. The fourth-order valence-corrected chi connectivity index (χ4v) is 2.55. The fraction of sp³-hybridized carbons (Fsp3) is 0.688. The monoisotopic (exact) mass is 279 g/mol. The van der Waals surface area contributed by atoms with Crippen LogP contribution in [0.5, 0.6) is 0 Å². The summed E-state index contributed by atoms with van der Waals surface area (Å²) >= 11 is 0. The summed E-state index contributed by atoms with van der Waals surface area (Å²) in [4.78, 5) is 6.34. The molecule has 1 aromatic rings. The number of hydrogen-bond donors (Lipinski definition) is 1. The lowest BCUT2D eigenvalue weighted by Gasteiger charge is -2.22. The van der Waals surface area contributed by atoms with Crippen molar-refractivity contribution >= 4 is 5.82 Å². The van der Waals surface area contributed by atoms with Crippen LogP contribution in [0.25, 0.3) is 0 Å². The molecule has 1 unspecified atom stereocenters. The summed E-state index contributed by atoms with van der Waals surface area (Å²) in [6, 6.07) is 1.77. The van der Waals surface area contributed by atoms with Crippen molar-refractivity contribution in [3.63, 3.8) is 0 Å². The first-order valence-electron chi connectivity index (χ1n) is 7.54. The number of nitrogens with zero attached hydrogens (tertiary/aromatic N) is 2. The van der Waals surface area contributed by atoms with E-state index in [4.69, 9.17) is 0 Å². The van der Waals surface area contributed by atoms with Crippen molar-refractivity contribution in [1.29, 1.82) is 0 Å². The molecule has 112 valence electrons. The standard InChI is InChI=1S/C16H26FN3/c1-5-12-7-9-20(11-12)15-14(17)13(6-8-18-15)10-19-16(2,3)4/h6,8,12,19H,5,7,9-11H2,1-4H3. The summed E-state index contributed by atoms with van der Waals surface area (Å²) in [6.07, 6.45) is 4.02. The maximum atomic E-state index is 14.6. The van der Waals surface area contributed by atoms with Gasteiger partial charge in [-0.25, -0.2) is 9.37 Å². The van der Waals surface area contributed by atoms with E-state index >= 15 is 0 Å². The Balaban J connectivity index is 2.11. The molecule has 0 amide bonds. The Morgan fingerprint density at radius 3 is 2.80 bits per heavy atom. The van der Waals surface area contributed by atoms with Gasteiger partial charge >= 0.3 is 0 Å². The quantitative estimate of drug-likeness (QED) is 0.916. The Morgan fingerprint density at radius 1 is 1.45 bits per heavy atom. The van der Waals surface area contributed by atoms with Crippen LogP contribution in [0.4, 0.5) is 10.2 Å². The Bertz CT molecular complexity index is 454. The Morgan fingerprint density at radius 2 is 2.20 bits per heavy atom. The molecule has 4 heteroatoms. The first-order valence-corrected chi connectivity index (χ1v) is 7.54. The lowest BCUT2D eigenvalue weighted by molar-refractivity contribution is 0.418. The molecule has 20 heavy (non-hydrogen) atoms. The molecule has 1 aromatic heterocycles. The molecule has 1 N–H and O–H groups in total. The van der Waals surface area contributed by atoms with E-state index in [9.17, 15) is 4.39 Å². The van der Waals surface area contributed by atoms with E-state index in [1.54, 1.807) is 12.3 Å². The van der Waals surface area contributed by atoms with Crippen LogP contribution < -0.4 is 10.2 Å². The van der Waals surface area contributed by atoms with E-state index < -0.39 is 0 Å². The van der Waals surface area contributed by atoms with Gasteiger partial charge in [-0.15, -0.1) is 0 Å². The summed E-state index contributed by atoms with van der Waals surface area (Å²) in [5.41, 5.74) is 0.682. The average molecular weight is 279 g/mol. The number of nitrogens with one attached hydrogen (secondary N) is 1. The number of rotatable bonds is 4. The number of aromatic nitrogens is 1. The molecule has 0 aliphatic carbocycles.